The molecule has 0 aliphatic heterocycles. The van der Waals surface area contributed by atoms with Crippen LogP contribution in [0.3, 0.4) is 0 Å². The van der Waals surface area contributed by atoms with Gasteiger partial charge in [-0.05, 0) is 70.0 Å². The largest absolute Gasteiger partial charge is 0.465 e. The molecule has 0 unspecified atom stereocenters. The molecule has 2 heterocycles. The fraction of sp³-hybridized carbons (Fsp3) is 0.429. The van der Waals surface area contributed by atoms with E-state index in [9.17, 15) is 72.3 Å². The van der Waals surface area contributed by atoms with Crippen molar-refractivity contribution < 1.29 is 62.6 Å². The van der Waals surface area contributed by atoms with Crippen LogP contribution in [-0.4, -0.2) is 107 Å². The van der Waals surface area contributed by atoms with Gasteiger partial charge in [-0.3, -0.25) is 28.3 Å². The van der Waals surface area contributed by atoms with Gasteiger partial charge in [0.05, 0.1) is 58.3 Å². The number of nitrogens with one attached hydrogen (secondary N) is 2. The van der Waals surface area contributed by atoms with Crippen molar-refractivity contribution in [3.05, 3.63) is 111 Å². The van der Waals surface area contributed by atoms with Crippen LogP contribution in [0.25, 0.3) is 11.4 Å². The third-order valence-corrected chi connectivity index (χ3v) is 9.66. The minimum absolute atomic E-state index is 0. The molecule has 4 rings (SSSR count). The Balaban J connectivity index is 0.00000117. The lowest BCUT2D eigenvalue weighted by Crippen LogP contribution is -2.41. The highest BCUT2D eigenvalue weighted by atomic mass is 35.7. The standard InChI is InChI=1S/C17H15ClF4N4O4S.C17H13ClF4N4O4.C6H15N.CH3ClO2S.CH4/c1-3-30-14(28)7-23-15(31)24-10-5-11(9(19)4-8(10)18)26-13(27)6-12(17(20,21)22)25(2)16(26)29;1-3-30-15(28)7-23-8-24-11-5-12(10(19)4-9(11)18)26-14(27)6-13(17(20,21)22)25(2)16(26)29;1-4-7(5-2)6-3;1-5(2,3)4;/h4-6H,3,7H2,1-2H3,(H2,23,24,31);4-6H,3,7H2,1-2H3;4-6H2,1-3H3;1H3;1H4. The molecule has 0 aliphatic carbocycles. The Kier molecular flexibility index (Phi) is 28.0. The van der Waals surface area contributed by atoms with Crippen molar-refractivity contribution in [2.45, 2.75) is 54.4 Å². The van der Waals surface area contributed by atoms with Crippen molar-refractivity contribution in [2.24, 2.45) is 24.1 Å². The number of halogens is 11. The van der Waals surface area contributed by atoms with Crippen molar-refractivity contribution in [1.29, 1.82) is 0 Å². The predicted molar refractivity (Wildman–Crippen MR) is 267 cm³/mol. The van der Waals surface area contributed by atoms with Crippen LogP contribution < -0.4 is 33.1 Å². The first-order valence-corrected chi connectivity index (χ1v) is 24.5. The molecular weight excluding hydrogens is 1110 g/mol. The smallest absolute Gasteiger partial charge is 0.431 e. The molecule has 0 spiro atoms. The number of esters is 2. The lowest BCUT2D eigenvalue weighted by molar-refractivity contribution is -0.144. The zero-order valence-electron chi connectivity index (χ0n) is 39.6. The van der Waals surface area contributed by atoms with E-state index in [0.717, 1.165) is 38.6 Å². The summed E-state index contributed by atoms with van der Waals surface area (Å²) in [5.41, 5.74) is -10.2. The lowest BCUT2D eigenvalue weighted by atomic mass is 10.2. The molecule has 19 nitrogen and oxygen atoms in total. The Morgan fingerprint density at radius 1 is 0.743 bits per heavy atom. The summed E-state index contributed by atoms with van der Waals surface area (Å²) in [5.74, 6) is -3.54. The summed E-state index contributed by atoms with van der Waals surface area (Å²) in [6.07, 6.45) is -9.00. The molecule has 4 aromatic rings. The van der Waals surface area contributed by atoms with Crippen LogP contribution in [0, 0.1) is 11.6 Å². The van der Waals surface area contributed by atoms with E-state index in [1.165, 1.54) is 19.6 Å². The Labute approximate surface area is 437 Å². The van der Waals surface area contributed by atoms with E-state index in [4.69, 9.17) is 40.2 Å². The van der Waals surface area contributed by atoms with Gasteiger partial charge in [-0.25, -0.2) is 40.9 Å². The predicted octanol–water partition coefficient (Wildman–Crippen LogP) is 7.08. The molecule has 2 aromatic heterocycles. The van der Waals surface area contributed by atoms with E-state index < -0.39 is 96.8 Å². The summed E-state index contributed by atoms with van der Waals surface area (Å²) in [6.45, 7) is 13.0. The first kappa shape index (κ1) is 68.0. The quantitative estimate of drug-likeness (QED) is 0.0449. The summed E-state index contributed by atoms with van der Waals surface area (Å²) < 4.78 is 136. The number of aliphatic imine (C=N–C) groups is 2. The summed E-state index contributed by atoms with van der Waals surface area (Å²) >= 11 is 16.8. The molecule has 32 heteroatoms. The molecule has 0 aliphatic rings. The van der Waals surface area contributed by atoms with Crippen LogP contribution in [0.15, 0.2) is 65.6 Å². The van der Waals surface area contributed by atoms with Gasteiger partial charge in [0.2, 0.25) is 9.05 Å². The maximum Gasteiger partial charge on any atom is 0.431 e. The summed E-state index contributed by atoms with van der Waals surface area (Å²) in [4.78, 5) is 81.2. The van der Waals surface area contributed by atoms with Crippen LogP contribution in [0.4, 0.5) is 46.5 Å². The third kappa shape index (κ3) is 21.5. The Hall–Kier alpha value is -5.97. The molecule has 0 fully saturated rings. The molecule has 0 bridgehead atoms. The Bertz CT molecular complexity index is 3030. The van der Waals surface area contributed by atoms with E-state index in [-0.39, 0.29) is 84.1 Å². The van der Waals surface area contributed by atoms with Crippen LogP contribution in [0.2, 0.25) is 10.0 Å². The number of thiocarbonyl (C=S) groups is 1. The Morgan fingerprint density at radius 3 is 1.54 bits per heavy atom. The van der Waals surface area contributed by atoms with Gasteiger partial charge in [0, 0.05) is 36.9 Å². The molecule has 0 saturated heterocycles. The molecule has 0 atom stereocenters. The van der Waals surface area contributed by atoms with Crippen LogP contribution in [0.1, 0.15) is 53.4 Å². The molecule has 74 heavy (non-hydrogen) atoms. The monoisotopic (exact) mass is 1160 g/mol. The van der Waals surface area contributed by atoms with Gasteiger partial charge in [-0.2, -0.15) is 31.3 Å². The lowest BCUT2D eigenvalue weighted by Gasteiger charge is -2.16. The highest BCUT2D eigenvalue weighted by Crippen LogP contribution is 2.31. The highest BCUT2D eigenvalue weighted by Gasteiger charge is 2.36. The Morgan fingerprint density at radius 2 is 1.15 bits per heavy atom. The topological polar surface area (TPSA) is 227 Å². The van der Waals surface area contributed by atoms with Crippen molar-refractivity contribution in [3.8, 4) is 11.4 Å². The molecule has 412 valence electrons. The minimum Gasteiger partial charge on any atom is -0.465 e. The van der Waals surface area contributed by atoms with E-state index >= 15 is 0 Å². The third-order valence-electron chi connectivity index (χ3n) is 8.80. The van der Waals surface area contributed by atoms with E-state index in [1.54, 1.807) is 13.8 Å². The second-order valence-electron chi connectivity index (χ2n) is 13.9. The van der Waals surface area contributed by atoms with Crippen molar-refractivity contribution in [3.63, 3.8) is 0 Å². The van der Waals surface area contributed by atoms with Gasteiger partial charge < -0.3 is 25.0 Å². The summed E-state index contributed by atoms with van der Waals surface area (Å²) in [5, 5.41) is 4.46. The number of anilines is 1. The fourth-order valence-corrected chi connectivity index (χ4v) is 6.00. The van der Waals surface area contributed by atoms with E-state index in [1.807, 2.05) is 0 Å². The second-order valence-corrected chi connectivity index (χ2v) is 18.1. The first-order chi connectivity index (χ1) is 33.7. The van der Waals surface area contributed by atoms with Crippen LogP contribution >= 0.6 is 46.1 Å². The summed E-state index contributed by atoms with van der Waals surface area (Å²) in [6, 6.07) is 5.71. The molecule has 0 saturated carbocycles. The average Bonchev–Trinajstić information content (AvgIpc) is 3.27. The van der Waals surface area contributed by atoms with Gasteiger partial charge >= 0.3 is 35.7 Å². The van der Waals surface area contributed by atoms with Crippen molar-refractivity contribution >= 4 is 89.6 Å². The number of alkyl halides is 6. The van der Waals surface area contributed by atoms with E-state index in [0.29, 0.717) is 6.07 Å². The maximum atomic E-state index is 14.5. The van der Waals surface area contributed by atoms with Crippen molar-refractivity contribution in [1.82, 2.24) is 28.5 Å². The molecule has 2 N–H and O–H groups in total. The van der Waals surface area contributed by atoms with Gasteiger partial charge in [-0.1, -0.05) is 51.4 Å². The molecule has 2 aromatic carbocycles. The zero-order chi connectivity index (χ0) is 56.3. The fourth-order valence-electron chi connectivity index (χ4n) is 5.42. The second kappa shape index (κ2) is 30.4. The SMILES string of the molecule is C.CCN(CC)CC.CCOC(=O)CN=C=Nc1cc(-n2c(=O)cc(C(F)(F)F)n(C)c2=O)c(F)cc1Cl.CCOC(=O)CNC(=S)Nc1cc(-n2c(=O)cc(C(F)(F)F)n(C)c2=O)c(F)cc1Cl.CS(=O)(=O)Cl. The zero-order valence-corrected chi connectivity index (χ0v) is 43.5. The number of ether oxygens (including phenoxy) is 2. The average molecular weight is 1160 g/mol. The van der Waals surface area contributed by atoms with Gasteiger partial charge in [0.1, 0.15) is 36.1 Å². The number of benzene rings is 2. The number of rotatable bonds is 13. The summed E-state index contributed by atoms with van der Waals surface area (Å²) in [7, 11) is 2.89. The van der Waals surface area contributed by atoms with E-state index in [2.05, 4.69) is 67.7 Å². The number of nitrogens with zero attached hydrogens (tertiary/aromatic N) is 7. The number of aromatic nitrogens is 4. The minimum atomic E-state index is -4.96. The molecular formula is C42H50Cl3F8N9O10S2. The molecule has 0 amide bonds. The molecule has 0 radical (unpaired) electrons. The van der Waals surface area contributed by atoms with Crippen LogP contribution in [0.5, 0.6) is 0 Å². The number of carbonyl (C=O) groups excluding carboxylic acids is 2. The van der Waals surface area contributed by atoms with Gasteiger partial charge in [0.25, 0.3) is 11.1 Å². The number of hydrogen-bond donors (Lipinski definition) is 2. The number of carbonyl (C=O) groups is 2. The first-order valence-electron chi connectivity index (χ1n) is 20.6. The van der Waals surface area contributed by atoms with Gasteiger partial charge in [0.15, 0.2) is 5.11 Å². The maximum absolute atomic E-state index is 14.5. The van der Waals surface area contributed by atoms with Gasteiger partial charge in [-0.15, -0.1) is 0 Å². The normalized spacial score (nSPS) is 10.9. The highest BCUT2D eigenvalue weighted by molar-refractivity contribution is 8.13. The number of hydrogen-bond acceptors (Lipinski definition) is 14. The van der Waals surface area contributed by atoms with Crippen LogP contribution in [-0.2, 0) is 54.6 Å². The van der Waals surface area contributed by atoms with Crippen molar-refractivity contribution in [2.75, 3.05) is 57.5 Å².